The number of nitrogens with one attached hydrogen (secondary N) is 1. The summed E-state index contributed by atoms with van der Waals surface area (Å²) >= 11 is 5.90. The fraction of sp³-hybridized carbons (Fsp3) is 0.259. The van der Waals surface area contributed by atoms with E-state index >= 15 is 0 Å². The van der Waals surface area contributed by atoms with Crippen LogP contribution in [0.4, 0.5) is 0 Å². The highest BCUT2D eigenvalue weighted by atomic mass is 35.5. The summed E-state index contributed by atoms with van der Waals surface area (Å²) in [5.41, 5.74) is 5.34. The van der Waals surface area contributed by atoms with Crippen molar-refractivity contribution < 1.29 is 19.0 Å². The van der Waals surface area contributed by atoms with Crippen molar-refractivity contribution in [2.45, 2.75) is 39.9 Å². The first-order chi connectivity index (χ1) is 16.2. The van der Waals surface area contributed by atoms with E-state index in [0.717, 1.165) is 22.4 Å². The molecule has 0 saturated carbocycles. The maximum Gasteiger partial charge on any atom is 0.283 e. The van der Waals surface area contributed by atoms with E-state index in [2.05, 4.69) is 23.5 Å². The van der Waals surface area contributed by atoms with Crippen molar-refractivity contribution in [1.29, 1.82) is 0 Å². The van der Waals surface area contributed by atoms with Crippen LogP contribution in [0.25, 0.3) is 0 Å². The summed E-state index contributed by atoms with van der Waals surface area (Å²) in [6.07, 6.45) is 1.57. The molecule has 0 fully saturated rings. The van der Waals surface area contributed by atoms with Gasteiger partial charge in [-0.2, -0.15) is 5.10 Å². The van der Waals surface area contributed by atoms with Gasteiger partial charge in [0.25, 0.3) is 5.91 Å². The Bertz CT molecular complexity index is 1170. The van der Waals surface area contributed by atoms with Gasteiger partial charge in [-0.1, -0.05) is 23.7 Å². The Morgan fingerprint density at radius 1 is 1.06 bits per heavy atom. The lowest BCUT2D eigenvalue weighted by Crippen LogP contribution is -2.44. The van der Waals surface area contributed by atoms with Gasteiger partial charge in [-0.15, -0.1) is 0 Å². The van der Waals surface area contributed by atoms with Crippen LogP contribution >= 0.6 is 11.6 Å². The van der Waals surface area contributed by atoms with E-state index in [0.29, 0.717) is 23.1 Å². The molecule has 3 aromatic rings. The first-order valence-corrected chi connectivity index (χ1v) is 11.2. The molecule has 6 nitrogen and oxygen atoms in total. The number of hydrogen-bond donors (Lipinski definition) is 1. The Balaban J connectivity index is 1.65. The zero-order valence-electron chi connectivity index (χ0n) is 20.0. The number of carbonyl (C=O) groups excluding carboxylic acids is 1. The van der Waals surface area contributed by atoms with Crippen LogP contribution in [-0.4, -0.2) is 24.8 Å². The molecule has 0 aliphatic carbocycles. The number of hydrogen-bond acceptors (Lipinski definition) is 5. The maximum absolute atomic E-state index is 12.6. The zero-order chi connectivity index (χ0) is 24.7. The molecule has 0 bridgehead atoms. The van der Waals surface area contributed by atoms with E-state index in [4.69, 9.17) is 25.8 Å². The number of nitrogens with zero attached hydrogens (tertiary/aromatic N) is 1. The molecule has 0 aliphatic rings. The molecule has 3 rings (SSSR count). The summed E-state index contributed by atoms with van der Waals surface area (Å²) in [5, 5.41) is 4.69. The van der Waals surface area contributed by atoms with E-state index in [1.165, 1.54) is 5.56 Å². The number of amides is 1. The standard InChI is InChI=1S/C27H29ClN2O4/c1-18-7-6-8-24(19(18)2)33-17-21-15-20(9-14-25(21)32-5)16-29-30-26(31)27(3,4)34-23-12-10-22(28)11-13-23/h6-16H,17H2,1-5H3,(H,30,31)/b29-16+. The molecule has 0 spiro atoms. The van der Waals surface area contributed by atoms with Gasteiger partial charge in [0.1, 0.15) is 23.9 Å². The van der Waals surface area contributed by atoms with Crippen molar-refractivity contribution in [3.63, 3.8) is 0 Å². The first-order valence-electron chi connectivity index (χ1n) is 10.8. The van der Waals surface area contributed by atoms with E-state index in [9.17, 15) is 4.79 Å². The highest BCUT2D eigenvalue weighted by Gasteiger charge is 2.29. The molecule has 1 N–H and O–H groups in total. The van der Waals surface area contributed by atoms with Gasteiger partial charge >= 0.3 is 0 Å². The number of rotatable bonds is 9. The Hall–Kier alpha value is -3.51. The van der Waals surface area contributed by atoms with Gasteiger partial charge in [0, 0.05) is 10.6 Å². The summed E-state index contributed by atoms with van der Waals surface area (Å²) in [4.78, 5) is 12.6. The predicted octanol–water partition coefficient (Wildman–Crippen LogP) is 5.85. The summed E-state index contributed by atoms with van der Waals surface area (Å²) < 4.78 is 17.3. The number of aryl methyl sites for hydroxylation is 1. The van der Waals surface area contributed by atoms with Gasteiger partial charge in [-0.05, 0) is 92.9 Å². The molecule has 0 aromatic heterocycles. The molecule has 34 heavy (non-hydrogen) atoms. The smallest absolute Gasteiger partial charge is 0.283 e. The van der Waals surface area contributed by atoms with Crippen molar-refractivity contribution in [2.24, 2.45) is 5.10 Å². The second-order valence-electron chi connectivity index (χ2n) is 8.32. The summed E-state index contributed by atoms with van der Waals surface area (Å²) in [6, 6.07) is 18.4. The SMILES string of the molecule is COc1ccc(/C=N/NC(=O)C(C)(C)Oc2ccc(Cl)cc2)cc1COc1cccc(C)c1C. The Kier molecular flexibility index (Phi) is 8.18. The van der Waals surface area contributed by atoms with Crippen molar-refractivity contribution >= 4 is 23.7 Å². The second-order valence-corrected chi connectivity index (χ2v) is 8.76. The van der Waals surface area contributed by atoms with Gasteiger partial charge in [-0.25, -0.2) is 5.43 Å². The second kappa shape index (κ2) is 11.1. The molecular weight excluding hydrogens is 452 g/mol. The number of benzene rings is 3. The molecule has 7 heteroatoms. The van der Waals surface area contributed by atoms with Crippen molar-refractivity contribution in [3.05, 3.63) is 87.9 Å². The number of hydrazone groups is 1. The minimum Gasteiger partial charge on any atom is -0.496 e. The number of methoxy groups -OCH3 is 1. The van der Waals surface area contributed by atoms with Crippen molar-refractivity contribution in [2.75, 3.05) is 7.11 Å². The minimum absolute atomic E-state index is 0.337. The first kappa shape index (κ1) is 25.1. The third kappa shape index (κ3) is 6.51. The van der Waals surface area contributed by atoms with Gasteiger partial charge in [0.2, 0.25) is 0 Å². The van der Waals surface area contributed by atoms with Gasteiger partial charge in [0.05, 0.1) is 13.3 Å². The molecule has 0 unspecified atom stereocenters. The third-order valence-corrected chi connectivity index (χ3v) is 5.61. The number of ether oxygens (including phenoxy) is 3. The van der Waals surface area contributed by atoms with Crippen LogP contribution in [0.5, 0.6) is 17.2 Å². The van der Waals surface area contributed by atoms with Crippen LogP contribution in [0.3, 0.4) is 0 Å². The number of halogens is 1. The summed E-state index contributed by atoms with van der Waals surface area (Å²) in [7, 11) is 1.62. The predicted molar refractivity (Wildman–Crippen MR) is 135 cm³/mol. The fourth-order valence-electron chi connectivity index (χ4n) is 3.17. The van der Waals surface area contributed by atoms with Gasteiger partial charge in [0.15, 0.2) is 5.60 Å². The Labute approximate surface area is 205 Å². The quantitative estimate of drug-likeness (QED) is 0.308. The lowest BCUT2D eigenvalue weighted by Gasteiger charge is -2.24. The molecule has 0 heterocycles. The summed E-state index contributed by atoms with van der Waals surface area (Å²) in [6.45, 7) is 7.76. The molecule has 1 amide bonds. The van der Waals surface area contributed by atoms with Crippen LogP contribution < -0.4 is 19.6 Å². The number of carbonyl (C=O) groups is 1. The Morgan fingerprint density at radius 2 is 1.79 bits per heavy atom. The summed E-state index contributed by atoms with van der Waals surface area (Å²) in [5.74, 6) is 1.70. The average Bonchev–Trinajstić information content (AvgIpc) is 2.81. The maximum atomic E-state index is 12.6. The van der Waals surface area contributed by atoms with Crippen molar-refractivity contribution in [1.82, 2.24) is 5.43 Å². The normalized spacial score (nSPS) is 11.4. The molecule has 0 aliphatic heterocycles. The molecule has 178 valence electrons. The van der Waals surface area contributed by atoms with Crippen LogP contribution in [0.15, 0.2) is 65.8 Å². The van der Waals surface area contributed by atoms with Gasteiger partial charge < -0.3 is 14.2 Å². The largest absolute Gasteiger partial charge is 0.496 e. The van der Waals surface area contributed by atoms with E-state index in [-0.39, 0.29) is 5.91 Å². The average molecular weight is 481 g/mol. The molecule has 0 saturated heterocycles. The highest BCUT2D eigenvalue weighted by molar-refractivity contribution is 6.30. The van der Waals surface area contributed by atoms with Crippen LogP contribution in [-0.2, 0) is 11.4 Å². The molecule has 3 aromatic carbocycles. The van der Waals surface area contributed by atoms with Gasteiger partial charge in [-0.3, -0.25) is 4.79 Å². The highest BCUT2D eigenvalue weighted by Crippen LogP contribution is 2.25. The van der Waals surface area contributed by atoms with Crippen LogP contribution in [0, 0.1) is 13.8 Å². The third-order valence-electron chi connectivity index (χ3n) is 5.36. The molecular formula is C27H29ClN2O4. The van der Waals surface area contributed by atoms with E-state index in [1.54, 1.807) is 51.4 Å². The van der Waals surface area contributed by atoms with E-state index in [1.807, 2.05) is 37.3 Å². The lowest BCUT2D eigenvalue weighted by molar-refractivity contribution is -0.134. The zero-order valence-corrected chi connectivity index (χ0v) is 20.8. The topological polar surface area (TPSA) is 69.2 Å². The van der Waals surface area contributed by atoms with E-state index < -0.39 is 5.60 Å². The fourth-order valence-corrected chi connectivity index (χ4v) is 3.30. The van der Waals surface area contributed by atoms with Crippen LogP contribution in [0.2, 0.25) is 5.02 Å². The minimum atomic E-state index is -1.13. The lowest BCUT2D eigenvalue weighted by atomic mass is 10.1. The monoisotopic (exact) mass is 480 g/mol. The molecule has 0 radical (unpaired) electrons. The van der Waals surface area contributed by atoms with Crippen molar-refractivity contribution in [3.8, 4) is 17.2 Å². The molecule has 0 atom stereocenters. The van der Waals surface area contributed by atoms with Crippen LogP contribution in [0.1, 0.15) is 36.1 Å². The Morgan fingerprint density at radius 3 is 2.50 bits per heavy atom.